The Labute approximate surface area is 197 Å². The molecular weight excluding hydrogens is 440 g/mol. The van der Waals surface area contributed by atoms with Crippen LogP contribution in [0.15, 0.2) is 48.5 Å². The SMILES string of the molecule is COc1cc(O)ccc1-c1ccc2c(c1CN(F)c1cc(F)ccc1C)N(C)C(=O)C(C)(C)N2. The van der Waals surface area contributed by atoms with Gasteiger partial charge in [0.1, 0.15) is 22.9 Å². The predicted octanol–water partition coefficient (Wildman–Crippen LogP) is 5.57. The van der Waals surface area contributed by atoms with E-state index in [9.17, 15) is 14.3 Å². The van der Waals surface area contributed by atoms with E-state index in [0.717, 1.165) is 6.07 Å². The molecule has 8 heteroatoms. The first kappa shape index (κ1) is 23.4. The van der Waals surface area contributed by atoms with Crippen LogP contribution in [0.25, 0.3) is 11.1 Å². The Kier molecular flexibility index (Phi) is 5.85. The van der Waals surface area contributed by atoms with Gasteiger partial charge in [0.15, 0.2) is 0 Å². The van der Waals surface area contributed by atoms with Crippen molar-refractivity contribution >= 4 is 23.0 Å². The van der Waals surface area contributed by atoms with Gasteiger partial charge >= 0.3 is 0 Å². The standard InChI is InChI=1S/C26H27F2N3O3/c1-15-6-7-16(27)12-22(15)31(28)14-20-18(19-9-8-17(32)13-23(19)34-5)10-11-21-24(20)30(4)25(33)26(2,3)29-21/h6-13,29,32H,14H2,1-5H3. The van der Waals surface area contributed by atoms with Gasteiger partial charge in [-0.3, -0.25) is 4.79 Å². The van der Waals surface area contributed by atoms with Crippen LogP contribution in [0.5, 0.6) is 11.5 Å². The number of benzene rings is 3. The number of halogens is 2. The van der Waals surface area contributed by atoms with E-state index in [0.29, 0.717) is 44.5 Å². The maximum Gasteiger partial charge on any atom is 0.251 e. The highest BCUT2D eigenvalue weighted by Crippen LogP contribution is 2.45. The zero-order valence-corrected chi connectivity index (χ0v) is 19.7. The lowest BCUT2D eigenvalue weighted by atomic mass is 9.91. The normalized spacial score (nSPS) is 14.4. The van der Waals surface area contributed by atoms with E-state index in [4.69, 9.17) is 4.74 Å². The van der Waals surface area contributed by atoms with Crippen LogP contribution in [0, 0.1) is 12.7 Å². The van der Waals surface area contributed by atoms with Gasteiger partial charge in [0, 0.05) is 30.3 Å². The number of phenolic OH excluding ortho intramolecular Hbond substituents is 1. The summed E-state index contributed by atoms with van der Waals surface area (Å²) in [5.74, 6) is -0.303. The average molecular weight is 468 g/mol. The highest BCUT2D eigenvalue weighted by atomic mass is 19.2. The van der Waals surface area contributed by atoms with Crippen molar-refractivity contribution in [1.82, 2.24) is 0 Å². The van der Waals surface area contributed by atoms with Crippen LogP contribution in [0.2, 0.25) is 0 Å². The molecule has 0 atom stereocenters. The molecule has 0 bridgehead atoms. The summed E-state index contributed by atoms with van der Waals surface area (Å²) in [6.45, 7) is 5.00. The van der Waals surface area contributed by atoms with Gasteiger partial charge in [0.05, 0.1) is 30.7 Å². The molecule has 0 saturated carbocycles. The number of hydrogen-bond acceptors (Lipinski definition) is 5. The van der Waals surface area contributed by atoms with Crippen molar-refractivity contribution in [2.45, 2.75) is 32.9 Å². The monoisotopic (exact) mass is 467 g/mol. The number of ether oxygens (including phenoxy) is 1. The molecule has 1 heterocycles. The lowest BCUT2D eigenvalue weighted by molar-refractivity contribution is -0.121. The maximum absolute atomic E-state index is 15.6. The topological polar surface area (TPSA) is 65.0 Å². The van der Waals surface area contributed by atoms with Crippen LogP contribution in [0.4, 0.5) is 25.9 Å². The summed E-state index contributed by atoms with van der Waals surface area (Å²) in [5, 5.41) is 13.6. The molecule has 0 aliphatic carbocycles. The van der Waals surface area contributed by atoms with Gasteiger partial charge in [-0.25, -0.2) is 9.51 Å². The summed E-state index contributed by atoms with van der Waals surface area (Å²) >= 11 is 0. The first-order valence-corrected chi connectivity index (χ1v) is 10.8. The van der Waals surface area contributed by atoms with Gasteiger partial charge < -0.3 is 20.1 Å². The third-order valence-electron chi connectivity index (χ3n) is 6.11. The molecule has 3 aromatic carbocycles. The maximum atomic E-state index is 15.6. The fourth-order valence-corrected chi connectivity index (χ4v) is 4.41. The summed E-state index contributed by atoms with van der Waals surface area (Å²) in [5.41, 5.74) is 2.76. The molecule has 4 rings (SSSR count). The number of carbonyl (C=O) groups excluding carboxylic acids is 1. The first-order chi connectivity index (χ1) is 16.0. The second-order valence-electron chi connectivity index (χ2n) is 8.94. The molecule has 0 aromatic heterocycles. The van der Waals surface area contributed by atoms with E-state index in [-0.39, 0.29) is 23.9 Å². The predicted molar refractivity (Wildman–Crippen MR) is 130 cm³/mol. The van der Waals surface area contributed by atoms with Crippen molar-refractivity contribution < 1.29 is 23.5 Å². The van der Waals surface area contributed by atoms with Crippen molar-refractivity contribution in [1.29, 1.82) is 0 Å². The molecule has 1 amide bonds. The molecule has 178 valence electrons. The van der Waals surface area contributed by atoms with E-state index >= 15 is 4.48 Å². The minimum absolute atomic E-state index is 0.0262. The van der Waals surface area contributed by atoms with Crippen LogP contribution in [-0.2, 0) is 11.3 Å². The number of methoxy groups -OCH3 is 1. The summed E-state index contributed by atoms with van der Waals surface area (Å²) in [4.78, 5) is 14.6. The number of anilines is 3. The smallest absolute Gasteiger partial charge is 0.251 e. The molecule has 2 N–H and O–H groups in total. The van der Waals surface area contributed by atoms with E-state index < -0.39 is 11.4 Å². The van der Waals surface area contributed by atoms with Crippen LogP contribution < -0.4 is 20.1 Å². The van der Waals surface area contributed by atoms with Crippen molar-refractivity contribution in [3.8, 4) is 22.6 Å². The van der Waals surface area contributed by atoms with E-state index in [2.05, 4.69) is 5.32 Å². The number of nitrogens with zero attached hydrogens (tertiary/aromatic N) is 2. The molecule has 0 radical (unpaired) electrons. The third-order valence-corrected chi connectivity index (χ3v) is 6.11. The Morgan fingerprint density at radius 1 is 1.12 bits per heavy atom. The molecule has 0 unspecified atom stereocenters. The van der Waals surface area contributed by atoms with E-state index in [1.165, 1.54) is 36.3 Å². The van der Waals surface area contributed by atoms with E-state index in [1.54, 1.807) is 33.9 Å². The van der Waals surface area contributed by atoms with E-state index in [1.807, 2.05) is 12.1 Å². The molecule has 0 saturated heterocycles. The zero-order valence-electron chi connectivity index (χ0n) is 19.7. The quantitative estimate of drug-likeness (QED) is 0.480. The number of phenols is 1. The van der Waals surface area contributed by atoms with Gasteiger partial charge in [-0.15, -0.1) is 0 Å². The Bertz CT molecular complexity index is 1280. The van der Waals surface area contributed by atoms with Gasteiger partial charge in [0.2, 0.25) is 0 Å². The molecule has 34 heavy (non-hydrogen) atoms. The highest BCUT2D eigenvalue weighted by Gasteiger charge is 2.39. The Hall–Kier alpha value is -3.81. The Morgan fingerprint density at radius 3 is 2.53 bits per heavy atom. The Morgan fingerprint density at radius 2 is 1.82 bits per heavy atom. The number of hydrogen-bond donors (Lipinski definition) is 2. The lowest BCUT2D eigenvalue weighted by Gasteiger charge is -2.40. The van der Waals surface area contributed by atoms with Crippen molar-refractivity contribution in [2.75, 3.05) is 29.5 Å². The number of aryl methyl sites for hydroxylation is 1. The lowest BCUT2D eigenvalue weighted by Crippen LogP contribution is -2.52. The molecule has 3 aromatic rings. The fourth-order valence-electron chi connectivity index (χ4n) is 4.41. The van der Waals surface area contributed by atoms with Crippen molar-refractivity contribution in [2.24, 2.45) is 0 Å². The number of carbonyl (C=O) groups is 1. The van der Waals surface area contributed by atoms with Crippen LogP contribution in [0.3, 0.4) is 0 Å². The third kappa shape index (κ3) is 4.00. The van der Waals surface area contributed by atoms with Gasteiger partial charge in [0.25, 0.3) is 5.91 Å². The van der Waals surface area contributed by atoms with Crippen molar-refractivity contribution in [3.63, 3.8) is 0 Å². The minimum atomic E-state index is -0.842. The summed E-state index contributed by atoms with van der Waals surface area (Å²) in [6.07, 6.45) is 0. The summed E-state index contributed by atoms with van der Waals surface area (Å²) in [6, 6.07) is 12.3. The molecule has 0 fully saturated rings. The second kappa shape index (κ2) is 8.52. The number of rotatable bonds is 5. The van der Waals surface area contributed by atoms with Gasteiger partial charge in [-0.05, 0) is 56.2 Å². The number of amides is 1. The first-order valence-electron chi connectivity index (χ1n) is 10.8. The number of likely N-dealkylation sites (N-methyl/N-ethyl adjacent to an activating group) is 1. The van der Waals surface area contributed by atoms with Crippen LogP contribution in [0.1, 0.15) is 25.0 Å². The fraction of sp³-hybridized carbons (Fsp3) is 0.269. The number of fused-ring (bicyclic) bond motifs is 1. The highest BCUT2D eigenvalue weighted by molar-refractivity contribution is 6.09. The molecular formula is C26H27F2N3O3. The van der Waals surface area contributed by atoms with Crippen LogP contribution >= 0.6 is 0 Å². The average Bonchev–Trinajstić information content (AvgIpc) is 2.79. The molecule has 1 aliphatic rings. The summed E-state index contributed by atoms with van der Waals surface area (Å²) in [7, 11) is 3.13. The van der Waals surface area contributed by atoms with Crippen LogP contribution in [-0.4, -0.2) is 30.7 Å². The number of aromatic hydroxyl groups is 1. The Balaban J connectivity index is 1.94. The zero-order chi connectivity index (χ0) is 24.8. The number of nitrogens with one attached hydrogen (secondary N) is 1. The summed E-state index contributed by atoms with van der Waals surface area (Å²) < 4.78 is 35.0. The minimum Gasteiger partial charge on any atom is -0.508 e. The second-order valence-corrected chi connectivity index (χ2v) is 8.94. The van der Waals surface area contributed by atoms with Crippen molar-refractivity contribution in [3.05, 3.63) is 65.5 Å². The molecule has 0 spiro atoms. The molecule has 1 aliphatic heterocycles. The van der Waals surface area contributed by atoms with Gasteiger partial charge in [-0.2, -0.15) is 0 Å². The largest absolute Gasteiger partial charge is 0.508 e. The van der Waals surface area contributed by atoms with Gasteiger partial charge in [-0.1, -0.05) is 16.6 Å². The molecule has 6 nitrogen and oxygen atoms in total.